The van der Waals surface area contributed by atoms with Gasteiger partial charge in [0.1, 0.15) is 0 Å². The molecule has 0 unspecified atom stereocenters. The van der Waals surface area contributed by atoms with Crippen molar-refractivity contribution in [2.45, 2.75) is 11.7 Å². The molecule has 2 N–H and O–H groups in total. The first-order valence-corrected chi connectivity index (χ1v) is 14.5. The zero-order valence-corrected chi connectivity index (χ0v) is 21.8. The van der Waals surface area contributed by atoms with Crippen molar-refractivity contribution in [1.29, 1.82) is 0 Å². The highest BCUT2D eigenvalue weighted by Gasteiger charge is 2.36. The number of benzene rings is 2. The lowest BCUT2D eigenvalue weighted by Gasteiger charge is -2.18. The molecule has 4 aromatic rings. The number of thioether (sulfide) groups is 1. The van der Waals surface area contributed by atoms with E-state index in [0.717, 1.165) is 39.1 Å². The van der Waals surface area contributed by atoms with Gasteiger partial charge in [-0.15, -0.1) is 0 Å². The molecule has 2 aromatic carbocycles. The third kappa shape index (κ3) is 4.82. The molecule has 0 saturated carbocycles. The summed E-state index contributed by atoms with van der Waals surface area (Å²) in [5, 5.41) is 4.20. The Morgan fingerprint density at radius 2 is 1.76 bits per heavy atom. The minimum absolute atomic E-state index is 0.361. The molecule has 0 atom stereocenters. The SMILES string of the molecule is O=S1(=O)N(CCNc2ncc(-c3c(-c4ccccc4)nc4n3C=CCS4)[nH]2)CCN1Cc1ccccc1. The lowest BCUT2D eigenvalue weighted by atomic mass is 10.1. The first-order chi connectivity index (χ1) is 18.1. The van der Waals surface area contributed by atoms with Crippen molar-refractivity contribution >= 4 is 34.1 Å². The van der Waals surface area contributed by atoms with Gasteiger partial charge in [0.15, 0.2) is 5.16 Å². The molecule has 2 aliphatic heterocycles. The van der Waals surface area contributed by atoms with Gasteiger partial charge in [-0.05, 0) is 5.56 Å². The van der Waals surface area contributed by atoms with Gasteiger partial charge in [-0.2, -0.15) is 17.0 Å². The van der Waals surface area contributed by atoms with Crippen molar-refractivity contribution < 1.29 is 8.42 Å². The summed E-state index contributed by atoms with van der Waals surface area (Å²) in [6, 6.07) is 19.8. The van der Waals surface area contributed by atoms with Crippen LogP contribution >= 0.6 is 11.8 Å². The van der Waals surface area contributed by atoms with Gasteiger partial charge >= 0.3 is 0 Å². The smallest absolute Gasteiger partial charge is 0.282 e. The first-order valence-electron chi connectivity index (χ1n) is 12.1. The first kappa shape index (κ1) is 24.0. The third-order valence-corrected chi connectivity index (χ3v) is 9.31. The Balaban J connectivity index is 1.14. The molecule has 0 bridgehead atoms. The highest BCUT2D eigenvalue weighted by atomic mass is 32.2. The van der Waals surface area contributed by atoms with Crippen LogP contribution in [0.1, 0.15) is 5.56 Å². The highest BCUT2D eigenvalue weighted by molar-refractivity contribution is 7.99. The quantitative estimate of drug-likeness (QED) is 0.355. The molecular formula is C26H27N7O2S2. The van der Waals surface area contributed by atoms with Crippen LogP contribution in [0.3, 0.4) is 0 Å². The molecule has 1 fully saturated rings. The van der Waals surface area contributed by atoms with E-state index < -0.39 is 10.2 Å². The van der Waals surface area contributed by atoms with Gasteiger partial charge in [0.05, 0.1) is 23.3 Å². The number of aromatic amines is 1. The van der Waals surface area contributed by atoms with Gasteiger partial charge in [0.25, 0.3) is 10.2 Å². The molecule has 1 saturated heterocycles. The molecule has 4 heterocycles. The summed E-state index contributed by atoms with van der Waals surface area (Å²) < 4.78 is 31.1. The minimum atomic E-state index is -3.48. The Hall–Kier alpha value is -3.38. The van der Waals surface area contributed by atoms with E-state index in [2.05, 4.69) is 38.1 Å². The number of hydrogen-bond donors (Lipinski definition) is 2. The second-order valence-electron chi connectivity index (χ2n) is 8.82. The molecular weight excluding hydrogens is 506 g/mol. The fourth-order valence-electron chi connectivity index (χ4n) is 4.60. The summed E-state index contributed by atoms with van der Waals surface area (Å²) in [5.74, 6) is 1.48. The van der Waals surface area contributed by atoms with E-state index >= 15 is 0 Å². The Morgan fingerprint density at radius 3 is 2.57 bits per heavy atom. The molecule has 0 aliphatic carbocycles. The second-order valence-corrected chi connectivity index (χ2v) is 11.7. The van der Waals surface area contributed by atoms with E-state index in [1.807, 2.05) is 54.7 Å². The number of nitrogens with zero attached hydrogens (tertiary/aromatic N) is 5. The van der Waals surface area contributed by atoms with E-state index in [-0.39, 0.29) is 0 Å². The number of aromatic nitrogens is 4. The second kappa shape index (κ2) is 10.2. The van der Waals surface area contributed by atoms with E-state index in [9.17, 15) is 8.42 Å². The third-order valence-electron chi connectivity index (χ3n) is 6.43. The van der Waals surface area contributed by atoms with Crippen LogP contribution < -0.4 is 5.32 Å². The van der Waals surface area contributed by atoms with Crippen molar-refractivity contribution in [3.63, 3.8) is 0 Å². The average Bonchev–Trinajstić information content (AvgIpc) is 3.61. The van der Waals surface area contributed by atoms with E-state index in [0.29, 0.717) is 38.7 Å². The fraction of sp³-hybridized carbons (Fsp3) is 0.231. The van der Waals surface area contributed by atoms with Gasteiger partial charge in [-0.3, -0.25) is 4.57 Å². The zero-order chi connectivity index (χ0) is 25.2. The Labute approximate surface area is 220 Å². The molecule has 0 amide bonds. The minimum Gasteiger partial charge on any atom is -0.354 e. The van der Waals surface area contributed by atoms with Crippen LogP contribution in [0.15, 0.2) is 78.1 Å². The van der Waals surface area contributed by atoms with Crippen LogP contribution in [-0.4, -0.2) is 68.5 Å². The van der Waals surface area contributed by atoms with Gasteiger partial charge in [0, 0.05) is 50.2 Å². The predicted octanol–water partition coefficient (Wildman–Crippen LogP) is 3.99. The lowest BCUT2D eigenvalue weighted by molar-refractivity contribution is 0.442. The van der Waals surface area contributed by atoms with Crippen molar-refractivity contribution in [2.75, 3.05) is 37.2 Å². The normalized spacial score (nSPS) is 17.2. The maximum Gasteiger partial charge on any atom is 0.282 e. The van der Waals surface area contributed by atoms with E-state index in [4.69, 9.17) is 4.98 Å². The van der Waals surface area contributed by atoms with Crippen molar-refractivity contribution in [1.82, 2.24) is 28.1 Å². The van der Waals surface area contributed by atoms with Gasteiger partial charge in [0.2, 0.25) is 5.95 Å². The number of anilines is 1. The van der Waals surface area contributed by atoms with Gasteiger partial charge in [-0.1, -0.05) is 78.5 Å². The van der Waals surface area contributed by atoms with Crippen molar-refractivity contribution in [3.05, 3.63) is 78.5 Å². The van der Waals surface area contributed by atoms with E-state index in [1.165, 1.54) is 8.61 Å². The molecule has 11 heteroatoms. The summed E-state index contributed by atoms with van der Waals surface area (Å²) in [4.78, 5) is 12.8. The molecule has 37 heavy (non-hydrogen) atoms. The number of hydrogen-bond acceptors (Lipinski definition) is 6. The van der Waals surface area contributed by atoms with Crippen LogP contribution in [0, 0.1) is 0 Å². The van der Waals surface area contributed by atoms with Gasteiger partial charge < -0.3 is 10.3 Å². The van der Waals surface area contributed by atoms with Crippen LogP contribution in [0.25, 0.3) is 28.8 Å². The number of imidazole rings is 2. The summed E-state index contributed by atoms with van der Waals surface area (Å²) in [6.45, 7) is 2.16. The predicted molar refractivity (Wildman–Crippen MR) is 147 cm³/mol. The maximum absolute atomic E-state index is 13.0. The molecule has 0 spiro atoms. The standard InChI is InChI=1S/C26H27N7O2S2/c34-37(35)31(15-16-32(37)19-20-8-3-1-4-9-20)14-12-27-25-28-18-22(29-25)24-23(21-10-5-2-6-11-21)30-26-33(24)13-7-17-36-26/h1-11,13,18H,12,14-17,19H2,(H2,27,28,29). The number of H-pyrrole nitrogens is 1. The summed E-state index contributed by atoms with van der Waals surface area (Å²) >= 11 is 1.70. The van der Waals surface area contributed by atoms with Crippen LogP contribution in [0.2, 0.25) is 0 Å². The van der Waals surface area contributed by atoms with Crippen LogP contribution in [0.4, 0.5) is 5.95 Å². The van der Waals surface area contributed by atoms with E-state index in [1.54, 1.807) is 18.0 Å². The van der Waals surface area contributed by atoms with Crippen LogP contribution in [-0.2, 0) is 16.8 Å². The zero-order valence-electron chi connectivity index (χ0n) is 20.1. The average molecular weight is 534 g/mol. The Bertz CT molecular complexity index is 1520. The maximum atomic E-state index is 13.0. The number of nitrogens with one attached hydrogen (secondary N) is 2. The molecule has 2 aromatic heterocycles. The largest absolute Gasteiger partial charge is 0.354 e. The fourth-order valence-corrected chi connectivity index (χ4v) is 6.96. The lowest BCUT2D eigenvalue weighted by Crippen LogP contribution is -2.35. The highest BCUT2D eigenvalue weighted by Crippen LogP contribution is 2.37. The van der Waals surface area contributed by atoms with Crippen molar-refractivity contribution in [2.24, 2.45) is 0 Å². The summed E-state index contributed by atoms with van der Waals surface area (Å²) in [6.07, 6.45) is 5.96. The molecule has 190 valence electrons. The monoisotopic (exact) mass is 533 g/mol. The topological polar surface area (TPSA) is 99.1 Å². The molecule has 9 nitrogen and oxygen atoms in total. The Morgan fingerprint density at radius 1 is 1.00 bits per heavy atom. The van der Waals surface area contributed by atoms with Gasteiger partial charge in [-0.25, -0.2) is 9.97 Å². The number of rotatable bonds is 8. The molecule has 0 radical (unpaired) electrons. The summed E-state index contributed by atoms with van der Waals surface area (Å²) in [5.41, 5.74) is 4.71. The summed E-state index contributed by atoms with van der Waals surface area (Å²) in [7, 11) is -3.48. The van der Waals surface area contributed by atoms with Crippen molar-refractivity contribution in [3.8, 4) is 22.6 Å². The molecule has 2 aliphatic rings. The molecule has 6 rings (SSSR count). The Kier molecular flexibility index (Phi) is 6.59. The number of fused-ring (bicyclic) bond motifs is 1. The van der Waals surface area contributed by atoms with Crippen LogP contribution in [0.5, 0.6) is 0 Å².